The Hall–Kier alpha value is -1.06. The van der Waals surface area contributed by atoms with Crippen molar-refractivity contribution in [2.45, 2.75) is 38.3 Å². The molecule has 0 heterocycles. The van der Waals surface area contributed by atoms with Crippen LogP contribution in [0, 0.1) is 0 Å². The number of methoxy groups -OCH3 is 1. The fourth-order valence-electron chi connectivity index (χ4n) is 2.69. The number of aliphatic hydroxyl groups is 1. The summed E-state index contributed by atoms with van der Waals surface area (Å²) in [5.41, 5.74) is 1.49. The Morgan fingerprint density at radius 3 is 2.94 bits per heavy atom. The predicted molar refractivity (Wildman–Crippen MR) is 68.4 cm³/mol. The minimum Gasteiger partial charge on any atom is -0.497 e. The highest BCUT2D eigenvalue weighted by Crippen LogP contribution is 2.40. The second-order valence-corrected chi connectivity index (χ2v) is 4.73. The highest BCUT2D eigenvalue weighted by molar-refractivity contribution is 5.43. The number of likely N-dealkylation sites (N-methyl/N-ethyl adjacent to an activating group) is 1. The molecule has 0 amide bonds. The molecule has 2 N–H and O–H groups in total. The second-order valence-electron chi connectivity index (χ2n) is 4.73. The summed E-state index contributed by atoms with van der Waals surface area (Å²) in [6.07, 6.45) is 1.72. The summed E-state index contributed by atoms with van der Waals surface area (Å²) in [6.45, 7) is 4.96. The van der Waals surface area contributed by atoms with Gasteiger partial charge in [0.25, 0.3) is 0 Å². The molecule has 0 bridgehead atoms. The van der Waals surface area contributed by atoms with Gasteiger partial charge in [0.2, 0.25) is 0 Å². The van der Waals surface area contributed by atoms with Gasteiger partial charge < -0.3 is 15.2 Å². The summed E-state index contributed by atoms with van der Waals surface area (Å²) in [4.78, 5) is 0. The fraction of sp³-hybridized carbons (Fsp3) is 0.571. The maximum Gasteiger partial charge on any atom is 0.119 e. The molecule has 17 heavy (non-hydrogen) atoms. The van der Waals surface area contributed by atoms with Crippen LogP contribution in [-0.4, -0.2) is 24.8 Å². The lowest BCUT2D eigenvalue weighted by Crippen LogP contribution is -2.45. The lowest BCUT2D eigenvalue weighted by Gasteiger charge is -2.31. The van der Waals surface area contributed by atoms with Gasteiger partial charge in [-0.25, -0.2) is 0 Å². The molecule has 1 aromatic carbocycles. The van der Waals surface area contributed by atoms with Crippen LogP contribution >= 0.6 is 0 Å². The van der Waals surface area contributed by atoms with Crippen molar-refractivity contribution in [3.8, 4) is 5.75 Å². The summed E-state index contributed by atoms with van der Waals surface area (Å²) < 4.78 is 5.24. The molecule has 0 fully saturated rings. The fourth-order valence-corrected chi connectivity index (χ4v) is 2.69. The van der Waals surface area contributed by atoms with Crippen LogP contribution in [0.15, 0.2) is 18.2 Å². The van der Waals surface area contributed by atoms with E-state index >= 15 is 0 Å². The van der Waals surface area contributed by atoms with Crippen LogP contribution in [0.1, 0.15) is 31.4 Å². The standard InChI is InChI=1S/C14H21NO2/c1-4-15-10(2)14(16)8-7-11-5-6-12(17-3)9-13(11)14/h5-6,9-10,15-16H,4,7-8H2,1-3H3. The number of aryl methyl sites for hydroxylation is 1. The van der Waals surface area contributed by atoms with E-state index < -0.39 is 5.60 Å². The summed E-state index contributed by atoms with van der Waals surface area (Å²) in [5.74, 6) is 0.813. The summed E-state index contributed by atoms with van der Waals surface area (Å²) in [7, 11) is 1.66. The Balaban J connectivity index is 2.36. The zero-order valence-electron chi connectivity index (χ0n) is 10.8. The third-order valence-electron chi connectivity index (χ3n) is 3.79. The van der Waals surface area contributed by atoms with Crippen LogP contribution in [0.4, 0.5) is 0 Å². The van der Waals surface area contributed by atoms with Crippen molar-refractivity contribution in [1.82, 2.24) is 5.32 Å². The maximum atomic E-state index is 10.8. The van der Waals surface area contributed by atoms with Crippen molar-refractivity contribution in [1.29, 1.82) is 0 Å². The average Bonchev–Trinajstić information content (AvgIpc) is 2.68. The van der Waals surface area contributed by atoms with Gasteiger partial charge in [0.1, 0.15) is 11.4 Å². The van der Waals surface area contributed by atoms with Gasteiger partial charge in [0.15, 0.2) is 0 Å². The largest absolute Gasteiger partial charge is 0.497 e. The number of rotatable bonds is 4. The van der Waals surface area contributed by atoms with E-state index in [2.05, 4.69) is 18.3 Å². The molecular weight excluding hydrogens is 214 g/mol. The summed E-state index contributed by atoms with van der Waals surface area (Å²) >= 11 is 0. The van der Waals surface area contributed by atoms with Crippen molar-refractivity contribution in [3.05, 3.63) is 29.3 Å². The monoisotopic (exact) mass is 235 g/mol. The van der Waals surface area contributed by atoms with Gasteiger partial charge in [0.05, 0.1) is 7.11 Å². The molecule has 1 aliphatic rings. The van der Waals surface area contributed by atoms with Crippen molar-refractivity contribution in [2.24, 2.45) is 0 Å². The topological polar surface area (TPSA) is 41.5 Å². The zero-order valence-corrected chi connectivity index (χ0v) is 10.8. The minimum absolute atomic E-state index is 0.0563. The molecule has 3 heteroatoms. The van der Waals surface area contributed by atoms with E-state index in [-0.39, 0.29) is 6.04 Å². The van der Waals surface area contributed by atoms with E-state index in [0.717, 1.165) is 30.7 Å². The molecule has 1 aromatic rings. The molecule has 0 aromatic heterocycles. The number of ether oxygens (including phenoxy) is 1. The number of hydrogen-bond acceptors (Lipinski definition) is 3. The van der Waals surface area contributed by atoms with E-state index in [1.54, 1.807) is 7.11 Å². The molecule has 0 saturated heterocycles. The molecule has 0 aliphatic heterocycles. The highest BCUT2D eigenvalue weighted by Gasteiger charge is 2.41. The van der Waals surface area contributed by atoms with Gasteiger partial charge in [0, 0.05) is 6.04 Å². The Morgan fingerprint density at radius 2 is 2.29 bits per heavy atom. The predicted octanol–water partition coefficient (Wildman–Crippen LogP) is 1.83. The smallest absolute Gasteiger partial charge is 0.119 e. The number of fused-ring (bicyclic) bond motifs is 1. The van der Waals surface area contributed by atoms with Crippen LogP contribution in [0.3, 0.4) is 0 Å². The molecule has 0 radical (unpaired) electrons. The minimum atomic E-state index is -0.764. The molecule has 0 spiro atoms. The Kier molecular flexibility index (Phi) is 3.40. The lowest BCUT2D eigenvalue weighted by atomic mass is 9.88. The molecule has 0 saturated carbocycles. The first kappa shape index (κ1) is 12.4. The van der Waals surface area contributed by atoms with Gasteiger partial charge in [-0.05, 0) is 49.6 Å². The van der Waals surface area contributed by atoms with E-state index in [4.69, 9.17) is 4.74 Å². The Morgan fingerprint density at radius 1 is 1.53 bits per heavy atom. The third kappa shape index (κ3) is 2.05. The quantitative estimate of drug-likeness (QED) is 0.836. The molecule has 2 atom stereocenters. The highest BCUT2D eigenvalue weighted by atomic mass is 16.5. The van der Waals surface area contributed by atoms with Crippen LogP contribution in [0.5, 0.6) is 5.75 Å². The Bertz CT molecular complexity index is 405. The summed E-state index contributed by atoms with van der Waals surface area (Å²) in [5, 5.41) is 14.2. The third-order valence-corrected chi connectivity index (χ3v) is 3.79. The molecular formula is C14H21NO2. The number of hydrogen-bond donors (Lipinski definition) is 2. The van der Waals surface area contributed by atoms with E-state index in [9.17, 15) is 5.11 Å². The van der Waals surface area contributed by atoms with E-state index in [1.807, 2.05) is 19.1 Å². The van der Waals surface area contributed by atoms with Gasteiger partial charge >= 0.3 is 0 Å². The normalized spacial score (nSPS) is 24.5. The number of nitrogens with one attached hydrogen (secondary N) is 1. The van der Waals surface area contributed by atoms with Crippen molar-refractivity contribution >= 4 is 0 Å². The van der Waals surface area contributed by atoms with Crippen molar-refractivity contribution < 1.29 is 9.84 Å². The molecule has 1 aliphatic carbocycles. The van der Waals surface area contributed by atoms with Gasteiger partial charge in [-0.3, -0.25) is 0 Å². The first-order valence-electron chi connectivity index (χ1n) is 6.25. The SMILES string of the molecule is CCNC(C)C1(O)CCc2ccc(OC)cc21. The van der Waals surface area contributed by atoms with E-state index in [1.165, 1.54) is 5.56 Å². The van der Waals surface area contributed by atoms with Crippen LogP contribution in [0.25, 0.3) is 0 Å². The van der Waals surface area contributed by atoms with Crippen molar-refractivity contribution in [3.63, 3.8) is 0 Å². The van der Waals surface area contributed by atoms with Gasteiger partial charge in [-0.15, -0.1) is 0 Å². The van der Waals surface area contributed by atoms with Crippen molar-refractivity contribution in [2.75, 3.05) is 13.7 Å². The molecule has 2 rings (SSSR count). The van der Waals surface area contributed by atoms with E-state index in [0.29, 0.717) is 0 Å². The molecule has 3 nitrogen and oxygen atoms in total. The lowest BCUT2D eigenvalue weighted by molar-refractivity contribution is 0.00483. The Labute approximate surface area is 103 Å². The maximum absolute atomic E-state index is 10.8. The zero-order chi connectivity index (χ0) is 12.5. The first-order chi connectivity index (χ1) is 8.11. The summed E-state index contributed by atoms with van der Waals surface area (Å²) in [6, 6.07) is 6.05. The van der Waals surface area contributed by atoms with Gasteiger partial charge in [-0.2, -0.15) is 0 Å². The van der Waals surface area contributed by atoms with Gasteiger partial charge in [-0.1, -0.05) is 13.0 Å². The first-order valence-corrected chi connectivity index (χ1v) is 6.25. The van der Waals surface area contributed by atoms with Crippen LogP contribution in [-0.2, 0) is 12.0 Å². The van der Waals surface area contributed by atoms with Crippen LogP contribution in [0.2, 0.25) is 0 Å². The average molecular weight is 235 g/mol. The number of benzene rings is 1. The van der Waals surface area contributed by atoms with Crippen LogP contribution < -0.4 is 10.1 Å². The second kappa shape index (κ2) is 4.67. The molecule has 94 valence electrons. The molecule has 2 unspecified atom stereocenters.